The fourth-order valence-electron chi connectivity index (χ4n) is 2.21. The molecule has 1 saturated carbocycles. The summed E-state index contributed by atoms with van der Waals surface area (Å²) in [7, 11) is 0. The van der Waals surface area contributed by atoms with Gasteiger partial charge in [0.05, 0.1) is 18.9 Å². The van der Waals surface area contributed by atoms with Crippen molar-refractivity contribution in [3.8, 4) is 0 Å². The summed E-state index contributed by atoms with van der Waals surface area (Å²) in [5.74, 6) is 1.88. The van der Waals surface area contributed by atoms with Gasteiger partial charge >= 0.3 is 0 Å². The Bertz CT molecular complexity index is 278. The van der Waals surface area contributed by atoms with Gasteiger partial charge in [0.2, 0.25) is 0 Å². The van der Waals surface area contributed by atoms with Crippen molar-refractivity contribution in [2.75, 3.05) is 13.2 Å². The zero-order valence-corrected chi connectivity index (χ0v) is 9.95. The summed E-state index contributed by atoms with van der Waals surface area (Å²) in [4.78, 5) is 0. The molecule has 0 amide bonds. The first-order valence-electron chi connectivity index (χ1n) is 6.23. The predicted octanol–water partition coefficient (Wildman–Crippen LogP) is 2.57. The van der Waals surface area contributed by atoms with Crippen LogP contribution >= 0.6 is 0 Å². The highest BCUT2D eigenvalue weighted by Gasteiger charge is 2.28. The van der Waals surface area contributed by atoms with Crippen molar-refractivity contribution in [3.63, 3.8) is 0 Å². The molecule has 1 aromatic heterocycles. The quantitative estimate of drug-likeness (QED) is 0.721. The standard InChI is InChI=1S/C13H21NO2/c1-2-15-13-8-11(9-13)5-6-14-10-12-4-3-7-16-12/h3-4,7,11,13-14H,2,5-6,8-10H2,1H3. The molecule has 1 aliphatic rings. The molecule has 0 radical (unpaired) electrons. The number of ether oxygens (including phenoxy) is 1. The summed E-state index contributed by atoms with van der Waals surface area (Å²) < 4.78 is 10.8. The molecule has 0 saturated heterocycles. The Morgan fingerprint density at radius 1 is 1.50 bits per heavy atom. The first kappa shape index (κ1) is 11.7. The van der Waals surface area contributed by atoms with Crippen molar-refractivity contribution in [2.24, 2.45) is 5.92 Å². The Kier molecular flexibility index (Phi) is 4.43. The average molecular weight is 223 g/mol. The van der Waals surface area contributed by atoms with Crippen LogP contribution in [-0.2, 0) is 11.3 Å². The summed E-state index contributed by atoms with van der Waals surface area (Å²) in [5, 5.41) is 3.40. The molecule has 0 spiro atoms. The first-order chi connectivity index (χ1) is 7.88. The van der Waals surface area contributed by atoms with Gasteiger partial charge in [-0.25, -0.2) is 0 Å². The SMILES string of the molecule is CCOC1CC(CCNCc2ccco2)C1. The van der Waals surface area contributed by atoms with E-state index >= 15 is 0 Å². The van der Waals surface area contributed by atoms with Gasteiger partial charge in [0.15, 0.2) is 0 Å². The molecule has 1 N–H and O–H groups in total. The number of hydrogen-bond donors (Lipinski definition) is 1. The van der Waals surface area contributed by atoms with E-state index in [0.29, 0.717) is 6.10 Å². The van der Waals surface area contributed by atoms with Crippen LogP contribution in [0.3, 0.4) is 0 Å². The molecule has 1 aliphatic carbocycles. The Morgan fingerprint density at radius 3 is 3.06 bits per heavy atom. The van der Waals surface area contributed by atoms with Crippen LogP contribution in [0.25, 0.3) is 0 Å². The second kappa shape index (κ2) is 6.06. The Morgan fingerprint density at radius 2 is 2.38 bits per heavy atom. The van der Waals surface area contributed by atoms with Gasteiger partial charge in [0, 0.05) is 6.61 Å². The highest BCUT2D eigenvalue weighted by Crippen LogP contribution is 2.32. The lowest BCUT2D eigenvalue weighted by molar-refractivity contribution is -0.0263. The molecular formula is C13H21NO2. The minimum absolute atomic E-state index is 0.542. The second-order valence-electron chi connectivity index (χ2n) is 4.46. The normalized spacial score (nSPS) is 24.3. The van der Waals surface area contributed by atoms with Crippen molar-refractivity contribution < 1.29 is 9.15 Å². The first-order valence-corrected chi connectivity index (χ1v) is 6.23. The molecule has 1 heterocycles. The van der Waals surface area contributed by atoms with Crippen LogP contribution in [0.5, 0.6) is 0 Å². The number of hydrogen-bond acceptors (Lipinski definition) is 3. The molecule has 2 rings (SSSR count). The van der Waals surface area contributed by atoms with Gasteiger partial charge in [-0.3, -0.25) is 0 Å². The van der Waals surface area contributed by atoms with Crippen molar-refractivity contribution in [1.82, 2.24) is 5.32 Å². The minimum Gasteiger partial charge on any atom is -0.468 e. The molecule has 16 heavy (non-hydrogen) atoms. The third-order valence-corrected chi connectivity index (χ3v) is 3.20. The maximum atomic E-state index is 5.54. The molecule has 0 bridgehead atoms. The van der Waals surface area contributed by atoms with Crippen LogP contribution in [0.15, 0.2) is 22.8 Å². The Labute approximate surface area is 97.2 Å². The minimum atomic E-state index is 0.542. The van der Waals surface area contributed by atoms with E-state index in [0.717, 1.165) is 31.4 Å². The summed E-state index contributed by atoms with van der Waals surface area (Å²) in [6, 6.07) is 3.93. The van der Waals surface area contributed by atoms with Gasteiger partial charge in [-0.2, -0.15) is 0 Å². The maximum absolute atomic E-state index is 5.54. The van der Waals surface area contributed by atoms with Crippen molar-refractivity contribution in [1.29, 1.82) is 0 Å². The highest BCUT2D eigenvalue weighted by atomic mass is 16.5. The van der Waals surface area contributed by atoms with E-state index in [1.165, 1.54) is 19.3 Å². The monoisotopic (exact) mass is 223 g/mol. The largest absolute Gasteiger partial charge is 0.468 e. The summed E-state index contributed by atoms with van der Waals surface area (Å²) >= 11 is 0. The van der Waals surface area contributed by atoms with E-state index in [2.05, 4.69) is 12.2 Å². The summed E-state index contributed by atoms with van der Waals surface area (Å²) in [5.41, 5.74) is 0. The van der Waals surface area contributed by atoms with Crippen molar-refractivity contribution in [3.05, 3.63) is 24.2 Å². The molecule has 0 aromatic carbocycles. The number of rotatable bonds is 7. The molecule has 0 unspecified atom stereocenters. The molecule has 1 aromatic rings. The van der Waals surface area contributed by atoms with Gasteiger partial charge < -0.3 is 14.5 Å². The van der Waals surface area contributed by atoms with Crippen LogP contribution in [0, 0.1) is 5.92 Å². The number of nitrogens with one attached hydrogen (secondary N) is 1. The zero-order valence-electron chi connectivity index (χ0n) is 9.95. The zero-order chi connectivity index (χ0) is 11.2. The van der Waals surface area contributed by atoms with Gasteiger partial charge in [-0.15, -0.1) is 0 Å². The summed E-state index contributed by atoms with van der Waals surface area (Å²) in [6.07, 6.45) is 6.01. The molecule has 0 atom stereocenters. The topological polar surface area (TPSA) is 34.4 Å². The van der Waals surface area contributed by atoms with E-state index < -0.39 is 0 Å². The van der Waals surface area contributed by atoms with Crippen LogP contribution in [0.2, 0.25) is 0 Å². The van der Waals surface area contributed by atoms with Crippen molar-refractivity contribution in [2.45, 2.75) is 38.8 Å². The lowest BCUT2D eigenvalue weighted by Gasteiger charge is -2.35. The lowest BCUT2D eigenvalue weighted by atomic mass is 9.80. The number of furan rings is 1. The van der Waals surface area contributed by atoms with Crippen LogP contribution in [-0.4, -0.2) is 19.3 Å². The van der Waals surface area contributed by atoms with E-state index in [4.69, 9.17) is 9.15 Å². The molecule has 0 aliphatic heterocycles. The van der Waals surface area contributed by atoms with E-state index in [-0.39, 0.29) is 0 Å². The smallest absolute Gasteiger partial charge is 0.117 e. The van der Waals surface area contributed by atoms with Crippen LogP contribution < -0.4 is 5.32 Å². The third-order valence-electron chi connectivity index (χ3n) is 3.20. The molecule has 1 fully saturated rings. The Balaban J connectivity index is 1.47. The fraction of sp³-hybridized carbons (Fsp3) is 0.692. The van der Waals surface area contributed by atoms with Gasteiger partial charge in [0.25, 0.3) is 0 Å². The molecular weight excluding hydrogens is 202 g/mol. The van der Waals surface area contributed by atoms with Gasteiger partial charge in [-0.05, 0) is 50.8 Å². The molecule has 90 valence electrons. The summed E-state index contributed by atoms with van der Waals surface area (Å²) in [6.45, 7) is 4.84. The van der Waals surface area contributed by atoms with Crippen LogP contribution in [0.4, 0.5) is 0 Å². The fourth-order valence-corrected chi connectivity index (χ4v) is 2.21. The third kappa shape index (κ3) is 3.35. The van der Waals surface area contributed by atoms with Gasteiger partial charge in [0.1, 0.15) is 5.76 Å². The second-order valence-corrected chi connectivity index (χ2v) is 4.46. The molecule has 3 nitrogen and oxygen atoms in total. The maximum Gasteiger partial charge on any atom is 0.117 e. The Hall–Kier alpha value is -0.800. The van der Waals surface area contributed by atoms with Gasteiger partial charge in [-0.1, -0.05) is 0 Å². The molecule has 3 heteroatoms. The highest BCUT2D eigenvalue weighted by molar-refractivity contribution is 4.97. The van der Waals surface area contributed by atoms with E-state index in [1.54, 1.807) is 6.26 Å². The predicted molar refractivity (Wildman–Crippen MR) is 63.2 cm³/mol. The van der Waals surface area contributed by atoms with E-state index in [1.807, 2.05) is 12.1 Å². The lowest BCUT2D eigenvalue weighted by Crippen LogP contribution is -2.33. The van der Waals surface area contributed by atoms with Crippen LogP contribution in [0.1, 0.15) is 31.9 Å². The average Bonchev–Trinajstić information content (AvgIpc) is 2.72. The van der Waals surface area contributed by atoms with Crippen molar-refractivity contribution >= 4 is 0 Å². The van der Waals surface area contributed by atoms with E-state index in [9.17, 15) is 0 Å².